The molecule has 0 aliphatic heterocycles. The largest absolute Gasteiger partial charge is 0.462 e. The smallest absolute Gasteiger partial charge is 0.342 e. The Balaban J connectivity index is 2.67. The van der Waals surface area contributed by atoms with E-state index in [1.54, 1.807) is 17.6 Å². The van der Waals surface area contributed by atoms with Gasteiger partial charge in [-0.3, -0.25) is 0 Å². The number of aromatic nitrogens is 3. The van der Waals surface area contributed by atoms with Crippen molar-refractivity contribution in [2.24, 2.45) is 0 Å². The summed E-state index contributed by atoms with van der Waals surface area (Å²) in [4.78, 5) is 18.3. The Kier molecular flexibility index (Phi) is 4.13. The van der Waals surface area contributed by atoms with Crippen LogP contribution < -0.4 is 4.90 Å². The van der Waals surface area contributed by atoms with Gasteiger partial charge < -0.3 is 9.64 Å². The molecule has 2 aromatic rings. The van der Waals surface area contributed by atoms with Gasteiger partial charge in [0.05, 0.1) is 24.7 Å². The van der Waals surface area contributed by atoms with E-state index in [1.165, 1.54) is 6.20 Å². The molecule has 0 spiro atoms. The van der Waals surface area contributed by atoms with Crippen LogP contribution in [0.5, 0.6) is 0 Å². The van der Waals surface area contributed by atoms with E-state index < -0.39 is 5.97 Å². The number of anilines is 1. The second-order valence-corrected chi connectivity index (χ2v) is 5.05. The van der Waals surface area contributed by atoms with Crippen LogP contribution in [0.4, 0.5) is 5.69 Å². The quantitative estimate of drug-likeness (QED) is 0.811. The molecule has 6 nitrogen and oxygen atoms in total. The summed E-state index contributed by atoms with van der Waals surface area (Å²) in [7, 11) is 1.89. The van der Waals surface area contributed by atoms with Crippen molar-refractivity contribution in [1.29, 1.82) is 0 Å². The first-order chi connectivity index (χ1) is 9.45. The third-order valence-electron chi connectivity index (χ3n) is 3.06. The van der Waals surface area contributed by atoms with Crippen LogP contribution in [0.2, 0.25) is 5.15 Å². The van der Waals surface area contributed by atoms with Gasteiger partial charge in [-0.15, -0.1) is 0 Å². The molecular weight excluding hydrogens is 280 g/mol. The second kappa shape index (κ2) is 5.66. The molecule has 2 rings (SSSR count). The topological polar surface area (TPSA) is 59.7 Å². The number of carbonyl (C=O) groups is 1. The summed E-state index contributed by atoms with van der Waals surface area (Å²) in [5.41, 5.74) is 1.59. The van der Waals surface area contributed by atoms with Crippen molar-refractivity contribution in [3.63, 3.8) is 0 Å². The number of fused-ring (bicyclic) bond motifs is 1. The molecule has 0 bridgehead atoms. The van der Waals surface area contributed by atoms with Gasteiger partial charge in [-0.25, -0.2) is 14.3 Å². The predicted octanol–water partition coefficient (Wildman–Crippen LogP) is 2.40. The Morgan fingerprint density at radius 3 is 2.85 bits per heavy atom. The molecule has 2 heterocycles. The zero-order valence-corrected chi connectivity index (χ0v) is 12.7. The first-order valence-electron chi connectivity index (χ1n) is 6.39. The van der Waals surface area contributed by atoms with Gasteiger partial charge in [0, 0.05) is 13.1 Å². The van der Waals surface area contributed by atoms with Crippen LogP contribution in [0, 0.1) is 0 Å². The van der Waals surface area contributed by atoms with Crippen LogP contribution in [0.25, 0.3) is 5.65 Å². The number of halogens is 1. The maximum Gasteiger partial charge on any atom is 0.342 e. The fourth-order valence-electron chi connectivity index (χ4n) is 1.86. The molecule has 0 amide bonds. The van der Waals surface area contributed by atoms with Crippen molar-refractivity contribution in [3.05, 3.63) is 23.1 Å². The summed E-state index contributed by atoms with van der Waals surface area (Å²) >= 11 is 5.93. The van der Waals surface area contributed by atoms with Crippen LogP contribution in [-0.2, 0) is 4.74 Å². The molecule has 0 aromatic carbocycles. The van der Waals surface area contributed by atoms with Crippen LogP contribution in [0.15, 0.2) is 12.4 Å². The van der Waals surface area contributed by atoms with Gasteiger partial charge in [0.25, 0.3) is 0 Å². The summed E-state index contributed by atoms with van der Waals surface area (Å²) < 4.78 is 6.63. The first kappa shape index (κ1) is 14.6. The number of imidazole rings is 1. The van der Waals surface area contributed by atoms with Gasteiger partial charge in [0.1, 0.15) is 10.7 Å². The lowest BCUT2D eigenvalue weighted by Crippen LogP contribution is -2.28. The third kappa shape index (κ3) is 2.56. The van der Waals surface area contributed by atoms with Crippen LogP contribution in [0.3, 0.4) is 0 Å². The third-order valence-corrected chi connectivity index (χ3v) is 3.24. The Bertz CT molecular complexity index is 639. The zero-order valence-electron chi connectivity index (χ0n) is 11.9. The average Bonchev–Trinajstić information content (AvgIpc) is 2.76. The lowest BCUT2D eigenvalue weighted by atomic mass is 10.2. The van der Waals surface area contributed by atoms with E-state index in [2.05, 4.69) is 10.1 Å². The normalized spacial score (nSPS) is 11.1. The second-order valence-electron chi connectivity index (χ2n) is 4.66. The molecule has 0 saturated carbocycles. The summed E-state index contributed by atoms with van der Waals surface area (Å²) in [6.07, 6.45) is 3.08. The maximum atomic E-state index is 12.1. The summed E-state index contributed by atoms with van der Waals surface area (Å²) in [5, 5.41) is 4.48. The van der Waals surface area contributed by atoms with Gasteiger partial charge in [-0.05, 0) is 20.8 Å². The number of esters is 1. The highest BCUT2D eigenvalue weighted by molar-refractivity contribution is 6.29. The van der Waals surface area contributed by atoms with E-state index in [0.29, 0.717) is 28.7 Å². The van der Waals surface area contributed by atoms with Gasteiger partial charge in [0.2, 0.25) is 0 Å². The van der Waals surface area contributed by atoms with Crippen molar-refractivity contribution >= 4 is 28.9 Å². The molecular formula is C13H17ClN4O2. The van der Waals surface area contributed by atoms with Crippen LogP contribution in [0.1, 0.15) is 31.1 Å². The SMILES string of the molecule is CCOC(=O)c1cnn2cc(Cl)nc2c1N(C)C(C)C. The highest BCUT2D eigenvalue weighted by Gasteiger charge is 2.22. The van der Waals surface area contributed by atoms with Crippen LogP contribution >= 0.6 is 11.6 Å². The van der Waals surface area contributed by atoms with E-state index in [1.807, 2.05) is 25.8 Å². The lowest BCUT2D eigenvalue weighted by Gasteiger charge is -2.25. The molecule has 0 N–H and O–H groups in total. The molecule has 0 aliphatic carbocycles. The molecule has 20 heavy (non-hydrogen) atoms. The fraction of sp³-hybridized carbons (Fsp3) is 0.462. The molecule has 2 aromatic heterocycles. The van der Waals surface area contributed by atoms with E-state index in [9.17, 15) is 4.79 Å². The standard InChI is InChI=1S/C13H17ClN4O2/c1-5-20-13(19)9-6-15-18-7-10(14)16-12(18)11(9)17(4)8(2)3/h6-8H,5H2,1-4H3. The van der Waals surface area contributed by atoms with Gasteiger partial charge in [-0.2, -0.15) is 5.10 Å². The Hall–Kier alpha value is -1.82. The number of hydrogen-bond donors (Lipinski definition) is 0. The summed E-state index contributed by atoms with van der Waals surface area (Å²) in [5.74, 6) is -0.413. The number of carbonyl (C=O) groups excluding carboxylic acids is 1. The Morgan fingerprint density at radius 1 is 1.55 bits per heavy atom. The molecule has 0 saturated heterocycles. The molecule has 0 unspecified atom stereocenters. The molecule has 7 heteroatoms. The number of nitrogens with zero attached hydrogens (tertiary/aromatic N) is 4. The van der Waals surface area contributed by atoms with Crippen molar-refractivity contribution in [2.75, 3.05) is 18.6 Å². The predicted molar refractivity (Wildman–Crippen MR) is 77.5 cm³/mol. The molecule has 108 valence electrons. The summed E-state index contributed by atoms with van der Waals surface area (Å²) in [6, 6.07) is 0.185. The number of ether oxygens (including phenoxy) is 1. The highest BCUT2D eigenvalue weighted by Crippen LogP contribution is 2.27. The minimum absolute atomic E-state index is 0.185. The lowest BCUT2D eigenvalue weighted by molar-refractivity contribution is 0.0526. The maximum absolute atomic E-state index is 12.1. The Morgan fingerprint density at radius 2 is 2.25 bits per heavy atom. The molecule has 0 atom stereocenters. The van der Waals surface area contributed by atoms with Gasteiger partial charge in [-0.1, -0.05) is 11.6 Å². The molecule has 0 aliphatic rings. The Labute approximate surface area is 122 Å². The van der Waals surface area contributed by atoms with Crippen molar-refractivity contribution in [2.45, 2.75) is 26.8 Å². The van der Waals surface area contributed by atoms with Crippen molar-refractivity contribution in [3.8, 4) is 0 Å². The van der Waals surface area contributed by atoms with Crippen LogP contribution in [-0.4, -0.2) is 40.3 Å². The monoisotopic (exact) mass is 296 g/mol. The van der Waals surface area contributed by atoms with Gasteiger partial charge >= 0.3 is 5.97 Å². The molecule has 0 fully saturated rings. The number of rotatable bonds is 4. The minimum Gasteiger partial charge on any atom is -0.462 e. The van der Waals surface area contributed by atoms with Gasteiger partial charge in [0.15, 0.2) is 5.65 Å². The first-order valence-corrected chi connectivity index (χ1v) is 6.77. The minimum atomic E-state index is -0.413. The highest BCUT2D eigenvalue weighted by atomic mass is 35.5. The molecule has 0 radical (unpaired) electrons. The van der Waals surface area contributed by atoms with Crippen molar-refractivity contribution < 1.29 is 9.53 Å². The van der Waals surface area contributed by atoms with Crippen molar-refractivity contribution in [1.82, 2.24) is 14.6 Å². The average molecular weight is 297 g/mol. The van der Waals surface area contributed by atoms with E-state index in [-0.39, 0.29) is 6.04 Å². The van der Waals surface area contributed by atoms with E-state index in [0.717, 1.165) is 0 Å². The fourth-order valence-corrected chi connectivity index (χ4v) is 2.03. The van der Waals surface area contributed by atoms with E-state index in [4.69, 9.17) is 16.3 Å². The number of hydrogen-bond acceptors (Lipinski definition) is 5. The summed E-state index contributed by atoms with van der Waals surface area (Å²) in [6.45, 7) is 6.12. The zero-order chi connectivity index (χ0) is 14.9. The van der Waals surface area contributed by atoms with E-state index >= 15 is 0 Å².